The average molecular weight is 733 g/mol. The second-order valence-electron chi connectivity index (χ2n) is 18.6. The Morgan fingerprint density at radius 3 is 0.731 bits per heavy atom. The lowest BCUT2D eigenvalue weighted by Gasteiger charge is -2.30. The van der Waals surface area contributed by atoms with Gasteiger partial charge in [0.25, 0.3) is 0 Å². The number of hydrogen-bond donors (Lipinski definition) is 1. The smallest absolute Gasteiger partial charge is 0.309 e. The molecule has 0 saturated heterocycles. The van der Waals surface area contributed by atoms with Crippen LogP contribution < -0.4 is 0 Å². The predicted octanol–water partition coefficient (Wildman–Crippen LogP) is 18.4. The summed E-state index contributed by atoms with van der Waals surface area (Å²) in [5.74, 6) is 1.23. The van der Waals surface area contributed by atoms with E-state index in [0.29, 0.717) is 0 Å². The maximum absolute atomic E-state index is 12.9. The van der Waals surface area contributed by atoms with E-state index in [2.05, 4.69) is 34.6 Å². The molecule has 2 heteroatoms. The van der Waals surface area contributed by atoms with Gasteiger partial charge in [0, 0.05) is 0 Å². The summed E-state index contributed by atoms with van der Waals surface area (Å²) >= 11 is 0. The molecule has 0 rings (SSSR count). The van der Waals surface area contributed by atoms with Crippen LogP contribution in [0.4, 0.5) is 0 Å². The van der Waals surface area contributed by atoms with Crippen LogP contribution in [-0.4, -0.2) is 11.1 Å². The largest absolute Gasteiger partial charge is 0.481 e. The van der Waals surface area contributed by atoms with Crippen molar-refractivity contribution in [1.29, 1.82) is 0 Å². The Labute approximate surface area is 330 Å². The molecular weight excluding hydrogens is 633 g/mol. The van der Waals surface area contributed by atoms with Gasteiger partial charge in [0.2, 0.25) is 0 Å². The summed E-state index contributed by atoms with van der Waals surface area (Å²) in [5, 5.41) is 10.6. The van der Waals surface area contributed by atoms with E-state index >= 15 is 0 Å². The Hall–Kier alpha value is -0.530. The van der Waals surface area contributed by atoms with Gasteiger partial charge in [0.1, 0.15) is 0 Å². The molecular formula is C50H100O2. The predicted molar refractivity (Wildman–Crippen MR) is 235 cm³/mol. The molecule has 0 aliphatic carbocycles. The van der Waals surface area contributed by atoms with Crippen LogP contribution in [0.25, 0.3) is 0 Å². The van der Waals surface area contributed by atoms with Gasteiger partial charge in [-0.1, -0.05) is 279 Å². The van der Waals surface area contributed by atoms with Gasteiger partial charge >= 0.3 is 5.97 Å². The van der Waals surface area contributed by atoms with E-state index in [1.807, 2.05) is 0 Å². The fraction of sp³-hybridized carbons (Fsp3) is 0.980. The first-order valence-electron chi connectivity index (χ1n) is 24.6. The molecule has 0 heterocycles. The third-order valence-electron chi connectivity index (χ3n) is 12.3. The maximum Gasteiger partial charge on any atom is 0.309 e. The first-order valence-corrected chi connectivity index (χ1v) is 24.6. The standard InChI is InChI=1S/C50H100O2/c1-6-7-8-9-10-11-12-13-14-19-24-29-34-39-44-50(49(51)52,45-40-35-30-25-20-15-17-22-27-32-37-42-47(2)3)46-41-36-31-26-21-16-18-23-28-33-38-43-48(4)5/h47-48H,6-46H2,1-5H3,(H,51,52). The lowest BCUT2D eigenvalue weighted by molar-refractivity contribution is -0.150. The highest BCUT2D eigenvalue weighted by Crippen LogP contribution is 2.38. The third kappa shape index (κ3) is 36.4. The Bertz CT molecular complexity index is 662. The zero-order valence-corrected chi connectivity index (χ0v) is 37.0. The van der Waals surface area contributed by atoms with Crippen molar-refractivity contribution in [2.75, 3.05) is 0 Å². The van der Waals surface area contributed by atoms with E-state index in [9.17, 15) is 9.90 Å². The normalized spacial score (nSPS) is 12.1. The average Bonchev–Trinajstić information content (AvgIpc) is 3.11. The van der Waals surface area contributed by atoms with Crippen molar-refractivity contribution in [3.63, 3.8) is 0 Å². The molecule has 0 bridgehead atoms. The van der Waals surface area contributed by atoms with E-state index < -0.39 is 11.4 Å². The lowest BCUT2D eigenvalue weighted by Crippen LogP contribution is -2.31. The van der Waals surface area contributed by atoms with Crippen LogP contribution in [-0.2, 0) is 4.79 Å². The van der Waals surface area contributed by atoms with E-state index in [4.69, 9.17) is 0 Å². The van der Waals surface area contributed by atoms with Crippen LogP contribution in [0.5, 0.6) is 0 Å². The summed E-state index contributed by atoms with van der Waals surface area (Å²) in [6, 6.07) is 0. The first-order chi connectivity index (χ1) is 25.3. The van der Waals surface area contributed by atoms with Gasteiger partial charge in [-0.3, -0.25) is 4.79 Å². The molecule has 0 aromatic carbocycles. The van der Waals surface area contributed by atoms with Crippen LogP contribution in [0.15, 0.2) is 0 Å². The Morgan fingerprint density at radius 1 is 0.346 bits per heavy atom. The van der Waals surface area contributed by atoms with Gasteiger partial charge in [-0.25, -0.2) is 0 Å². The molecule has 0 spiro atoms. The van der Waals surface area contributed by atoms with Crippen molar-refractivity contribution in [1.82, 2.24) is 0 Å². The fourth-order valence-electron chi connectivity index (χ4n) is 8.57. The molecule has 1 N–H and O–H groups in total. The second-order valence-corrected chi connectivity index (χ2v) is 18.6. The highest BCUT2D eigenvalue weighted by Gasteiger charge is 2.36. The van der Waals surface area contributed by atoms with Crippen LogP contribution in [0, 0.1) is 17.3 Å². The molecule has 312 valence electrons. The summed E-state index contributed by atoms with van der Waals surface area (Å²) in [5.41, 5.74) is -0.470. The number of carbonyl (C=O) groups is 1. The summed E-state index contributed by atoms with van der Waals surface area (Å²) in [4.78, 5) is 12.9. The Kier molecular flexibility index (Phi) is 39.7. The monoisotopic (exact) mass is 733 g/mol. The number of aliphatic carboxylic acids is 1. The Morgan fingerprint density at radius 2 is 0.538 bits per heavy atom. The van der Waals surface area contributed by atoms with Crippen molar-refractivity contribution in [3.05, 3.63) is 0 Å². The zero-order valence-electron chi connectivity index (χ0n) is 37.0. The van der Waals surface area contributed by atoms with Gasteiger partial charge < -0.3 is 5.11 Å². The molecule has 0 aromatic rings. The first kappa shape index (κ1) is 51.5. The zero-order chi connectivity index (χ0) is 38.2. The minimum Gasteiger partial charge on any atom is -0.481 e. The topological polar surface area (TPSA) is 37.3 Å². The van der Waals surface area contributed by atoms with Crippen molar-refractivity contribution in [3.8, 4) is 0 Å². The summed E-state index contributed by atoms with van der Waals surface area (Å²) in [6.07, 6.45) is 54.1. The maximum atomic E-state index is 12.9. The van der Waals surface area contributed by atoms with Crippen molar-refractivity contribution in [2.24, 2.45) is 17.3 Å². The van der Waals surface area contributed by atoms with Gasteiger partial charge in [-0.15, -0.1) is 0 Å². The van der Waals surface area contributed by atoms with Crippen molar-refractivity contribution >= 4 is 5.97 Å². The molecule has 0 radical (unpaired) electrons. The van der Waals surface area contributed by atoms with Gasteiger partial charge in [0.15, 0.2) is 0 Å². The quantitative estimate of drug-likeness (QED) is 0.0633. The Balaban J connectivity index is 4.36. The van der Waals surface area contributed by atoms with E-state index in [1.54, 1.807) is 0 Å². The molecule has 0 aliphatic rings. The summed E-state index contributed by atoms with van der Waals surface area (Å²) < 4.78 is 0. The SMILES string of the molecule is CCCCCCCCCCCCCCCCC(CCCCCCCCCCCCCC(C)C)(CCCCCCCCCCCCCC(C)C)C(=O)O. The minimum absolute atomic E-state index is 0.470. The number of rotatable bonds is 44. The fourth-order valence-corrected chi connectivity index (χ4v) is 8.57. The third-order valence-corrected chi connectivity index (χ3v) is 12.3. The molecule has 0 amide bonds. The van der Waals surface area contributed by atoms with Crippen molar-refractivity contribution < 1.29 is 9.90 Å². The molecule has 0 fully saturated rings. The van der Waals surface area contributed by atoms with Crippen LogP contribution in [0.1, 0.15) is 298 Å². The van der Waals surface area contributed by atoms with Crippen LogP contribution in [0.2, 0.25) is 0 Å². The van der Waals surface area contributed by atoms with E-state index in [0.717, 1.165) is 50.4 Å². The number of unbranched alkanes of at least 4 members (excludes halogenated alkanes) is 33. The molecule has 52 heavy (non-hydrogen) atoms. The van der Waals surface area contributed by atoms with Crippen LogP contribution in [0.3, 0.4) is 0 Å². The van der Waals surface area contributed by atoms with Crippen molar-refractivity contribution in [2.45, 2.75) is 298 Å². The lowest BCUT2D eigenvalue weighted by atomic mass is 9.74. The highest BCUT2D eigenvalue weighted by molar-refractivity contribution is 5.74. The molecule has 2 nitrogen and oxygen atoms in total. The van der Waals surface area contributed by atoms with Gasteiger partial charge in [-0.05, 0) is 31.1 Å². The molecule has 0 unspecified atom stereocenters. The minimum atomic E-state index is -0.482. The molecule has 0 atom stereocenters. The molecule has 0 saturated carbocycles. The van der Waals surface area contributed by atoms with Gasteiger partial charge in [0.05, 0.1) is 5.41 Å². The van der Waals surface area contributed by atoms with Gasteiger partial charge in [-0.2, -0.15) is 0 Å². The summed E-state index contributed by atoms with van der Waals surface area (Å²) in [7, 11) is 0. The van der Waals surface area contributed by atoms with Crippen LogP contribution >= 0.6 is 0 Å². The number of carboxylic acid groups (broad SMARTS) is 1. The molecule has 0 aliphatic heterocycles. The second kappa shape index (κ2) is 40.1. The van der Waals surface area contributed by atoms with E-state index in [-0.39, 0.29) is 0 Å². The molecule has 0 aromatic heterocycles. The van der Waals surface area contributed by atoms with E-state index in [1.165, 1.54) is 225 Å². The number of hydrogen-bond acceptors (Lipinski definition) is 1. The number of carboxylic acids is 1. The summed E-state index contributed by atoms with van der Waals surface area (Å²) in [6.45, 7) is 11.6. The highest BCUT2D eigenvalue weighted by atomic mass is 16.4.